The van der Waals surface area contributed by atoms with Gasteiger partial charge < -0.3 is 0 Å². The number of rotatable bonds is 3. The molecule has 3 aliphatic rings. The normalized spacial score (nSPS) is 29.5. The van der Waals surface area contributed by atoms with E-state index in [0.29, 0.717) is 0 Å². The summed E-state index contributed by atoms with van der Waals surface area (Å²) in [6.07, 6.45) is 7.13. The summed E-state index contributed by atoms with van der Waals surface area (Å²) in [5.41, 5.74) is 0. The smallest absolute Gasteiger partial charge is 0.119 e. The van der Waals surface area contributed by atoms with Crippen LogP contribution in [0.4, 0.5) is 4.20 Å². The molecule has 0 N–H and O–H groups in total. The third-order valence-electron chi connectivity index (χ3n) is 4.33. The van der Waals surface area contributed by atoms with Gasteiger partial charge in [0.05, 0.1) is 0 Å². The van der Waals surface area contributed by atoms with E-state index in [1.54, 1.807) is 0 Å². The maximum Gasteiger partial charge on any atom is 0.428 e. The van der Waals surface area contributed by atoms with Crippen molar-refractivity contribution in [1.82, 2.24) is 14.0 Å². The van der Waals surface area contributed by atoms with Gasteiger partial charge in [0.25, 0.3) is 0 Å². The molecule has 3 aliphatic heterocycles. The van der Waals surface area contributed by atoms with Gasteiger partial charge in [-0.25, -0.2) is 0 Å². The highest BCUT2D eigenvalue weighted by Crippen LogP contribution is 2.71. The minimum atomic E-state index is -2.61. The standard InChI is InChI=1S/C12H24FN3P/c13-17(14-7-1-2-8-14,15-9-3-4-10-15)16-11-5-6-12-16/h1-12H2/q+1. The lowest BCUT2D eigenvalue weighted by Gasteiger charge is -2.35. The van der Waals surface area contributed by atoms with Crippen molar-refractivity contribution in [1.29, 1.82) is 0 Å². The predicted molar refractivity (Wildman–Crippen MR) is 70.4 cm³/mol. The Balaban J connectivity index is 1.81. The molecule has 0 aromatic rings. The fraction of sp³-hybridized carbons (Fsp3) is 1.00. The first kappa shape index (κ1) is 12.3. The van der Waals surface area contributed by atoms with E-state index in [1.165, 1.54) is 38.5 Å². The Labute approximate surface area is 105 Å². The van der Waals surface area contributed by atoms with Gasteiger partial charge in [0, 0.05) is 43.5 Å². The lowest BCUT2D eigenvalue weighted by atomic mass is 10.4. The zero-order valence-corrected chi connectivity index (χ0v) is 11.5. The molecule has 0 amide bonds. The van der Waals surface area contributed by atoms with Gasteiger partial charge in [-0.1, -0.05) is 0 Å². The van der Waals surface area contributed by atoms with Crippen LogP contribution in [0.1, 0.15) is 38.5 Å². The molecule has 0 aliphatic carbocycles. The van der Waals surface area contributed by atoms with Crippen LogP contribution in [0.5, 0.6) is 0 Å². The number of hydrogen-bond donors (Lipinski definition) is 0. The van der Waals surface area contributed by atoms with Crippen LogP contribution < -0.4 is 0 Å². The molecule has 3 fully saturated rings. The van der Waals surface area contributed by atoms with Gasteiger partial charge in [0.15, 0.2) is 0 Å². The molecule has 98 valence electrons. The number of halogens is 1. The van der Waals surface area contributed by atoms with E-state index in [2.05, 4.69) is 14.0 Å². The Kier molecular flexibility index (Phi) is 3.67. The van der Waals surface area contributed by atoms with Crippen LogP contribution >= 0.6 is 8.03 Å². The molecule has 0 unspecified atom stereocenters. The van der Waals surface area contributed by atoms with Crippen LogP contribution in [0.25, 0.3) is 0 Å². The summed E-state index contributed by atoms with van der Waals surface area (Å²) in [5.74, 6) is 0. The fourth-order valence-electron chi connectivity index (χ4n) is 3.40. The van der Waals surface area contributed by atoms with Crippen molar-refractivity contribution in [2.45, 2.75) is 38.5 Å². The van der Waals surface area contributed by atoms with Gasteiger partial charge in [-0.05, 0) is 38.5 Å². The predicted octanol–water partition coefficient (Wildman–Crippen LogP) is 2.92. The molecule has 3 nitrogen and oxygen atoms in total. The Morgan fingerprint density at radius 3 is 1.00 bits per heavy atom. The fourth-order valence-corrected chi connectivity index (χ4v) is 6.85. The van der Waals surface area contributed by atoms with E-state index >= 15 is 4.20 Å². The summed E-state index contributed by atoms with van der Waals surface area (Å²) in [6, 6.07) is 0. The summed E-state index contributed by atoms with van der Waals surface area (Å²) in [5, 5.41) is 0. The van der Waals surface area contributed by atoms with Gasteiger partial charge in [0.2, 0.25) is 0 Å². The summed E-state index contributed by atoms with van der Waals surface area (Å²) < 4.78 is 22.4. The Morgan fingerprint density at radius 1 is 0.529 bits per heavy atom. The van der Waals surface area contributed by atoms with E-state index in [1.807, 2.05) is 0 Å². The first-order chi connectivity index (χ1) is 8.32. The van der Waals surface area contributed by atoms with Crippen molar-refractivity contribution in [2.24, 2.45) is 0 Å². The molecule has 0 spiro atoms. The quantitative estimate of drug-likeness (QED) is 0.722. The molecular weight excluding hydrogens is 236 g/mol. The van der Waals surface area contributed by atoms with Crippen LogP contribution in [-0.2, 0) is 0 Å². The molecule has 17 heavy (non-hydrogen) atoms. The molecule has 5 heteroatoms. The van der Waals surface area contributed by atoms with E-state index in [0.717, 1.165) is 39.3 Å². The molecule has 0 saturated carbocycles. The largest absolute Gasteiger partial charge is 0.428 e. The summed E-state index contributed by atoms with van der Waals surface area (Å²) in [7, 11) is -2.61. The molecular formula is C12H24FN3P+. The van der Waals surface area contributed by atoms with Gasteiger partial charge in [-0.15, -0.1) is 14.0 Å². The molecule has 0 atom stereocenters. The van der Waals surface area contributed by atoms with Crippen molar-refractivity contribution in [2.75, 3.05) is 39.3 Å². The van der Waals surface area contributed by atoms with Crippen molar-refractivity contribution in [3.63, 3.8) is 0 Å². The highest BCUT2D eigenvalue weighted by Gasteiger charge is 2.60. The van der Waals surface area contributed by atoms with Gasteiger partial charge in [0.1, 0.15) is 0 Å². The van der Waals surface area contributed by atoms with Crippen LogP contribution in [0.2, 0.25) is 0 Å². The van der Waals surface area contributed by atoms with Crippen molar-refractivity contribution < 1.29 is 4.20 Å². The molecule has 3 saturated heterocycles. The zero-order chi connectivity index (χ0) is 11.7. The lowest BCUT2D eigenvalue weighted by molar-refractivity contribution is 0.328. The minimum Gasteiger partial charge on any atom is -0.119 e. The van der Waals surface area contributed by atoms with Gasteiger partial charge >= 0.3 is 8.03 Å². The molecule has 3 rings (SSSR count). The average molecular weight is 260 g/mol. The van der Waals surface area contributed by atoms with Crippen LogP contribution in [0.15, 0.2) is 0 Å². The second kappa shape index (κ2) is 5.08. The second-order valence-corrected chi connectivity index (χ2v) is 8.16. The van der Waals surface area contributed by atoms with E-state index in [9.17, 15) is 0 Å². The van der Waals surface area contributed by atoms with Gasteiger partial charge in [-0.3, -0.25) is 0 Å². The van der Waals surface area contributed by atoms with Crippen LogP contribution in [0.3, 0.4) is 0 Å². The second-order valence-electron chi connectivity index (χ2n) is 5.48. The zero-order valence-electron chi connectivity index (χ0n) is 10.7. The first-order valence-corrected chi connectivity index (χ1v) is 8.70. The van der Waals surface area contributed by atoms with Crippen molar-refractivity contribution >= 4 is 8.03 Å². The Bertz CT molecular complexity index is 218. The van der Waals surface area contributed by atoms with Crippen molar-refractivity contribution in [3.05, 3.63) is 0 Å². The van der Waals surface area contributed by atoms with E-state index in [4.69, 9.17) is 0 Å². The minimum absolute atomic E-state index is 0.983. The Morgan fingerprint density at radius 2 is 0.765 bits per heavy atom. The highest BCUT2D eigenvalue weighted by molar-refractivity contribution is 7.63. The van der Waals surface area contributed by atoms with E-state index < -0.39 is 8.03 Å². The monoisotopic (exact) mass is 260 g/mol. The Hall–Kier alpha value is 0.240. The summed E-state index contributed by atoms with van der Waals surface area (Å²) in [6.45, 7) is 5.90. The highest BCUT2D eigenvalue weighted by atomic mass is 31.2. The molecule has 3 heterocycles. The van der Waals surface area contributed by atoms with E-state index in [-0.39, 0.29) is 0 Å². The first-order valence-electron chi connectivity index (χ1n) is 7.17. The molecule has 0 radical (unpaired) electrons. The van der Waals surface area contributed by atoms with Crippen molar-refractivity contribution in [3.8, 4) is 0 Å². The summed E-state index contributed by atoms with van der Waals surface area (Å²) in [4.78, 5) is 0. The van der Waals surface area contributed by atoms with Crippen LogP contribution in [0, 0.1) is 0 Å². The maximum atomic E-state index is 15.8. The van der Waals surface area contributed by atoms with Gasteiger partial charge in [-0.2, -0.15) is 0 Å². The summed E-state index contributed by atoms with van der Waals surface area (Å²) >= 11 is 0. The van der Waals surface area contributed by atoms with Crippen LogP contribution in [-0.4, -0.2) is 53.3 Å². The number of hydrogen-bond acceptors (Lipinski definition) is 3. The average Bonchev–Trinajstić information content (AvgIpc) is 3.10. The molecule has 0 aromatic carbocycles. The third-order valence-corrected chi connectivity index (χ3v) is 7.69. The SMILES string of the molecule is F[P+](N1CCCC1)(N1CCCC1)N1CCCC1. The maximum absolute atomic E-state index is 15.8. The third kappa shape index (κ3) is 2.14. The molecule has 0 aromatic heterocycles. The number of nitrogens with zero attached hydrogens (tertiary/aromatic N) is 3. The molecule has 0 bridgehead atoms. The lowest BCUT2D eigenvalue weighted by Crippen LogP contribution is -2.40. The topological polar surface area (TPSA) is 9.72 Å².